The lowest BCUT2D eigenvalue weighted by Gasteiger charge is -2.28. The van der Waals surface area contributed by atoms with E-state index in [1.165, 1.54) is 11.3 Å². The number of nitrogens with zero attached hydrogens (tertiary/aromatic N) is 1. The Bertz CT molecular complexity index is 638. The molecule has 0 spiro atoms. The molecule has 1 amide bonds. The lowest BCUT2D eigenvalue weighted by atomic mass is 10.1. The van der Waals surface area contributed by atoms with Crippen molar-refractivity contribution in [3.05, 3.63) is 21.3 Å². The molecular formula is C13H17ClN2O3S2. The van der Waals surface area contributed by atoms with Crippen LogP contribution in [-0.4, -0.2) is 55.9 Å². The number of sulfone groups is 1. The minimum atomic E-state index is -3.08. The largest absolute Gasteiger partial charge is 0.346 e. The summed E-state index contributed by atoms with van der Waals surface area (Å²) in [5.41, 5.74) is 0. The fourth-order valence-electron chi connectivity index (χ4n) is 3.08. The van der Waals surface area contributed by atoms with Gasteiger partial charge >= 0.3 is 0 Å². The van der Waals surface area contributed by atoms with Gasteiger partial charge in [-0.15, -0.1) is 11.3 Å². The normalized spacial score (nSPS) is 28.8. The Labute approximate surface area is 133 Å². The van der Waals surface area contributed by atoms with Gasteiger partial charge < -0.3 is 5.32 Å². The molecule has 0 aromatic carbocycles. The number of nitrogens with one attached hydrogen (secondary N) is 1. The summed E-state index contributed by atoms with van der Waals surface area (Å²) in [5, 5.41) is 2.88. The van der Waals surface area contributed by atoms with Crippen LogP contribution >= 0.6 is 22.9 Å². The Morgan fingerprint density at radius 1 is 1.29 bits per heavy atom. The molecule has 2 aliphatic heterocycles. The average Bonchev–Trinajstić information content (AvgIpc) is 3.09. The van der Waals surface area contributed by atoms with Crippen molar-refractivity contribution in [2.24, 2.45) is 0 Å². The van der Waals surface area contributed by atoms with E-state index < -0.39 is 9.84 Å². The Kier molecular flexibility index (Phi) is 4.27. The summed E-state index contributed by atoms with van der Waals surface area (Å²) in [6.45, 7) is 1.83. The van der Waals surface area contributed by atoms with Crippen molar-refractivity contribution in [1.82, 2.24) is 10.2 Å². The minimum absolute atomic E-state index is 0.0268. The Balaban J connectivity index is 1.74. The van der Waals surface area contributed by atoms with Gasteiger partial charge in [-0.2, -0.15) is 0 Å². The van der Waals surface area contributed by atoms with Gasteiger partial charge in [-0.25, -0.2) is 8.42 Å². The summed E-state index contributed by atoms with van der Waals surface area (Å²) in [6.07, 6.45) is 2.19. The highest BCUT2D eigenvalue weighted by Gasteiger charge is 2.42. The van der Waals surface area contributed by atoms with Crippen LogP contribution < -0.4 is 5.32 Å². The number of hydrogen-bond donors (Lipinski definition) is 1. The number of halogens is 1. The SMILES string of the molecule is O=C(N[C@@H]1CS(=O)(=O)C[C@H]1N1CCCC1)c1ccc(Cl)s1. The molecule has 3 heterocycles. The van der Waals surface area contributed by atoms with E-state index in [1.54, 1.807) is 12.1 Å². The van der Waals surface area contributed by atoms with Gasteiger partial charge in [-0.3, -0.25) is 9.69 Å². The molecule has 0 bridgehead atoms. The Morgan fingerprint density at radius 3 is 2.62 bits per heavy atom. The number of rotatable bonds is 3. The standard InChI is InChI=1S/C13H17ClN2O3S2/c14-12-4-3-11(20-12)13(17)15-9-7-21(18,19)8-10(9)16-5-1-2-6-16/h3-4,9-10H,1-2,5-8H2,(H,15,17)/t9-,10-/m1/s1. The second-order valence-electron chi connectivity index (χ2n) is 5.57. The summed E-state index contributed by atoms with van der Waals surface area (Å²) >= 11 is 7.04. The summed E-state index contributed by atoms with van der Waals surface area (Å²) in [5.74, 6) is -0.0690. The molecule has 1 aromatic heterocycles. The lowest BCUT2D eigenvalue weighted by molar-refractivity contribution is 0.0923. The first-order valence-corrected chi connectivity index (χ1v) is 9.97. The second-order valence-corrected chi connectivity index (χ2v) is 9.44. The summed E-state index contributed by atoms with van der Waals surface area (Å²) in [6, 6.07) is 2.90. The van der Waals surface area contributed by atoms with Gasteiger partial charge in [0.05, 0.1) is 26.8 Å². The van der Waals surface area contributed by atoms with Crippen LogP contribution in [0.3, 0.4) is 0 Å². The molecule has 0 unspecified atom stereocenters. The van der Waals surface area contributed by atoms with Gasteiger partial charge in [-0.1, -0.05) is 11.6 Å². The summed E-state index contributed by atoms with van der Waals surface area (Å²) < 4.78 is 24.4. The summed E-state index contributed by atoms with van der Waals surface area (Å²) in [7, 11) is -3.08. The van der Waals surface area contributed by atoms with Gasteiger partial charge in [0.2, 0.25) is 0 Å². The summed E-state index contributed by atoms with van der Waals surface area (Å²) in [4.78, 5) is 14.9. The van der Waals surface area contributed by atoms with Crippen LogP contribution in [0.1, 0.15) is 22.5 Å². The monoisotopic (exact) mass is 348 g/mol. The van der Waals surface area contributed by atoms with Crippen molar-refractivity contribution in [3.8, 4) is 0 Å². The van der Waals surface area contributed by atoms with E-state index in [0.29, 0.717) is 9.21 Å². The number of carbonyl (C=O) groups is 1. The van der Waals surface area contributed by atoms with Crippen LogP contribution in [0, 0.1) is 0 Å². The first-order valence-electron chi connectivity index (χ1n) is 6.95. The van der Waals surface area contributed by atoms with E-state index in [-0.39, 0.29) is 29.5 Å². The molecule has 8 heteroatoms. The molecule has 2 aliphatic rings. The number of likely N-dealkylation sites (tertiary alicyclic amines) is 1. The molecule has 3 rings (SSSR count). The first kappa shape index (κ1) is 15.3. The second kappa shape index (κ2) is 5.87. The lowest BCUT2D eigenvalue weighted by Crippen LogP contribution is -2.50. The van der Waals surface area contributed by atoms with Crippen molar-refractivity contribution in [2.75, 3.05) is 24.6 Å². The number of carbonyl (C=O) groups excluding carboxylic acids is 1. The van der Waals surface area contributed by atoms with E-state index in [9.17, 15) is 13.2 Å². The quantitative estimate of drug-likeness (QED) is 0.896. The van der Waals surface area contributed by atoms with Gasteiger partial charge in [0, 0.05) is 6.04 Å². The van der Waals surface area contributed by atoms with Crippen LogP contribution in [0.4, 0.5) is 0 Å². The molecule has 0 saturated carbocycles. The van der Waals surface area contributed by atoms with Gasteiger partial charge in [0.1, 0.15) is 0 Å². The van der Waals surface area contributed by atoms with E-state index in [1.807, 2.05) is 0 Å². The van der Waals surface area contributed by atoms with Crippen LogP contribution in [0.5, 0.6) is 0 Å². The zero-order chi connectivity index (χ0) is 15.0. The smallest absolute Gasteiger partial charge is 0.261 e. The predicted octanol–water partition coefficient (Wildman–Crippen LogP) is 1.39. The van der Waals surface area contributed by atoms with Crippen molar-refractivity contribution in [1.29, 1.82) is 0 Å². The first-order chi connectivity index (χ1) is 9.94. The number of hydrogen-bond acceptors (Lipinski definition) is 5. The zero-order valence-corrected chi connectivity index (χ0v) is 13.8. The van der Waals surface area contributed by atoms with Crippen molar-refractivity contribution in [2.45, 2.75) is 24.9 Å². The predicted molar refractivity (Wildman–Crippen MR) is 83.8 cm³/mol. The number of thiophene rings is 1. The van der Waals surface area contributed by atoms with Gasteiger partial charge in [-0.05, 0) is 38.1 Å². The molecular weight excluding hydrogens is 332 g/mol. The Morgan fingerprint density at radius 2 is 2.00 bits per heavy atom. The average molecular weight is 349 g/mol. The molecule has 2 fully saturated rings. The van der Waals surface area contributed by atoms with Gasteiger partial charge in [0.15, 0.2) is 9.84 Å². The van der Waals surface area contributed by atoms with E-state index >= 15 is 0 Å². The Hall–Kier alpha value is -0.630. The minimum Gasteiger partial charge on any atom is -0.346 e. The molecule has 116 valence electrons. The van der Waals surface area contributed by atoms with Crippen molar-refractivity contribution >= 4 is 38.7 Å². The molecule has 2 saturated heterocycles. The third kappa shape index (κ3) is 3.41. The molecule has 1 N–H and O–H groups in total. The van der Waals surface area contributed by atoms with E-state index in [0.717, 1.165) is 25.9 Å². The third-order valence-electron chi connectivity index (χ3n) is 4.05. The molecule has 5 nitrogen and oxygen atoms in total. The van der Waals surface area contributed by atoms with E-state index in [4.69, 9.17) is 11.6 Å². The van der Waals surface area contributed by atoms with Crippen LogP contribution in [0.15, 0.2) is 12.1 Å². The van der Waals surface area contributed by atoms with E-state index in [2.05, 4.69) is 10.2 Å². The van der Waals surface area contributed by atoms with Crippen molar-refractivity contribution < 1.29 is 13.2 Å². The molecule has 0 radical (unpaired) electrons. The molecule has 21 heavy (non-hydrogen) atoms. The molecule has 2 atom stereocenters. The van der Waals surface area contributed by atoms with Crippen LogP contribution in [-0.2, 0) is 9.84 Å². The third-order valence-corrected chi connectivity index (χ3v) is 6.99. The highest BCUT2D eigenvalue weighted by molar-refractivity contribution is 7.91. The number of amides is 1. The maximum atomic E-state index is 12.2. The highest BCUT2D eigenvalue weighted by Crippen LogP contribution is 2.25. The zero-order valence-electron chi connectivity index (χ0n) is 11.4. The molecule has 1 aromatic rings. The maximum Gasteiger partial charge on any atom is 0.261 e. The topological polar surface area (TPSA) is 66.5 Å². The van der Waals surface area contributed by atoms with Crippen molar-refractivity contribution in [3.63, 3.8) is 0 Å². The molecule has 0 aliphatic carbocycles. The highest BCUT2D eigenvalue weighted by atomic mass is 35.5. The van der Waals surface area contributed by atoms with Gasteiger partial charge in [0.25, 0.3) is 5.91 Å². The maximum absolute atomic E-state index is 12.2. The van der Waals surface area contributed by atoms with Crippen LogP contribution in [0.2, 0.25) is 4.34 Å². The van der Waals surface area contributed by atoms with Crippen LogP contribution in [0.25, 0.3) is 0 Å². The fourth-order valence-corrected chi connectivity index (χ4v) is 5.97. The fraction of sp³-hybridized carbons (Fsp3) is 0.615.